The van der Waals surface area contributed by atoms with Gasteiger partial charge >= 0.3 is 0 Å². The third-order valence-corrected chi connectivity index (χ3v) is 1.32. The molecule has 2 heteroatoms. The molecular weight excluding hydrogens is 116 g/mol. The Morgan fingerprint density at radius 2 is 2.44 bits per heavy atom. The van der Waals surface area contributed by atoms with Gasteiger partial charge in [-0.2, -0.15) is 0 Å². The van der Waals surface area contributed by atoms with E-state index in [1.165, 1.54) is 0 Å². The van der Waals surface area contributed by atoms with Crippen molar-refractivity contribution < 1.29 is 9.47 Å². The van der Waals surface area contributed by atoms with Gasteiger partial charge in [0.2, 0.25) is 0 Å². The first kappa shape index (κ1) is 6.78. The third kappa shape index (κ3) is 2.16. The first-order chi connectivity index (χ1) is 4.29. The van der Waals surface area contributed by atoms with Crippen LogP contribution in [0.3, 0.4) is 0 Å². The SMILES string of the molecule is C=C1COCOC(C)C1. The Morgan fingerprint density at radius 1 is 1.67 bits per heavy atom. The third-order valence-electron chi connectivity index (χ3n) is 1.32. The van der Waals surface area contributed by atoms with Gasteiger partial charge in [-0.05, 0) is 18.9 Å². The molecule has 0 aromatic carbocycles. The van der Waals surface area contributed by atoms with E-state index < -0.39 is 0 Å². The van der Waals surface area contributed by atoms with E-state index in [1.54, 1.807) is 0 Å². The van der Waals surface area contributed by atoms with Gasteiger partial charge < -0.3 is 9.47 Å². The van der Waals surface area contributed by atoms with Crippen LogP contribution in [-0.4, -0.2) is 19.5 Å². The molecule has 1 atom stereocenters. The average molecular weight is 128 g/mol. The summed E-state index contributed by atoms with van der Waals surface area (Å²) >= 11 is 0. The summed E-state index contributed by atoms with van der Waals surface area (Å²) < 4.78 is 10.2. The van der Waals surface area contributed by atoms with Gasteiger partial charge in [0, 0.05) is 0 Å². The fourth-order valence-corrected chi connectivity index (χ4v) is 0.875. The van der Waals surface area contributed by atoms with E-state index in [2.05, 4.69) is 6.58 Å². The second kappa shape index (κ2) is 2.99. The van der Waals surface area contributed by atoms with Crippen LogP contribution in [0.1, 0.15) is 13.3 Å². The first-order valence-electron chi connectivity index (χ1n) is 3.15. The number of hydrogen-bond donors (Lipinski definition) is 0. The highest BCUT2D eigenvalue weighted by atomic mass is 16.7. The Labute approximate surface area is 55.5 Å². The summed E-state index contributed by atoms with van der Waals surface area (Å²) in [4.78, 5) is 0. The topological polar surface area (TPSA) is 18.5 Å². The molecule has 0 radical (unpaired) electrons. The Kier molecular flexibility index (Phi) is 2.25. The van der Waals surface area contributed by atoms with Crippen molar-refractivity contribution in [3.05, 3.63) is 12.2 Å². The van der Waals surface area contributed by atoms with E-state index >= 15 is 0 Å². The summed E-state index contributed by atoms with van der Waals surface area (Å²) in [5, 5.41) is 0. The second-order valence-electron chi connectivity index (χ2n) is 2.40. The fourth-order valence-electron chi connectivity index (χ4n) is 0.875. The highest BCUT2D eigenvalue weighted by Crippen LogP contribution is 2.10. The molecule has 2 nitrogen and oxygen atoms in total. The maximum absolute atomic E-state index is 5.19. The monoisotopic (exact) mass is 128 g/mol. The summed E-state index contributed by atoms with van der Waals surface area (Å²) in [5.41, 5.74) is 1.13. The molecule has 1 heterocycles. The predicted molar refractivity (Wildman–Crippen MR) is 35.1 cm³/mol. The Bertz CT molecular complexity index is 109. The van der Waals surface area contributed by atoms with Crippen molar-refractivity contribution in [2.45, 2.75) is 19.4 Å². The largest absolute Gasteiger partial charge is 0.352 e. The van der Waals surface area contributed by atoms with Crippen LogP contribution in [-0.2, 0) is 9.47 Å². The van der Waals surface area contributed by atoms with Gasteiger partial charge in [0.05, 0.1) is 12.7 Å². The Morgan fingerprint density at radius 3 is 3.22 bits per heavy atom. The molecular formula is C7H12O2. The van der Waals surface area contributed by atoms with E-state index in [9.17, 15) is 0 Å². The maximum Gasteiger partial charge on any atom is 0.147 e. The number of hydrogen-bond acceptors (Lipinski definition) is 2. The minimum atomic E-state index is 0.278. The average Bonchev–Trinajstić information content (AvgIpc) is 1.93. The molecule has 0 amide bonds. The molecule has 1 unspecified atom stereocenters. The molecule has 0 saturated carbocycles. The highest BCUT2D eigenvalue weighted by Gasteiger charge is 2.08. The molecule has 0 aliphatic carbocycles. The zero-order valence-electron chi connectivity index (χ0n) is 5.72. The first-order valence-corrected chi connectivity index (χ1v) is 3.15. The minimum Gasteiger partial charge on any atom is -0.352 e. The van der Waals surface area contributed by atoms with E-state index in [-0.39, 0.29) is 6.10 Å². The van der Waals surface area contributed by atoms with Crippen molar-refractivity contribution in [3.8, 4) is 0 Å². The molecule has 0 N–H and O–H groups in total. The normalized spacial score (nSPS) is 29.9. The van der Waals surface area contributed by atoms with E-state index in [0.29, 0.717) is 13.4 Å². The summed E-state index contributed by atoms with van der Waals surface area (Å²) in [6, 6.07) is 0. The lowest BCUT2D eigenvalue weighted by atomic mass is 10.1. The molecule has 0 bridgehead atoms. The molecule has 0 aromatic rings. The van der Waals surface area contributed by atoms with Crippen molar-refractivity contribution >= 4 is 0 Å². The zero-order chi connectivity index (χ0) is 6.69. The molecule has 52 valence electrons. The van der Waals surface area contributed by atoms with Crippen LogP contribution in [0.2, 0.25) is 0 Å². The van der Waals surface area contributed by atoms with Crippen LogP contribution < -0.4 is 0 Å². The molecule has 9 heavy (non-hydrogen) atoms. The summed E-state index contributed by atoms with van der Waals surface area (Å²) in [7, 11) is 0. The lowest BCUT2D eigenvalue weighted by molar-refractivity contribution is -0.0603. The highest BCUT2D eigenvalue weighted by molar-refractivity contribution is 4.96. The molecule has 1 fully saturated rings. The van der Waals surface area contributed by atoms with Crippen LogP contribution in [0.25, 0.3) is 0 Å². The molecule has 1 aliphatic rings. The summed E-state index contributed by atoms with van der Waals surface area (Å²) in [5.74, 6) is 0. The van der Waals surface area contributed by atoms with E-state index in [4.69, 9.17) is 9.47 Å². The Balaban J connectivity index is 2.37. The summed E-state index contributed by atoms with van der Waals surface area (Å²) in [6.45, 7) is 6.92. The van der Waals surface area contributed by atoms with Crippen LogP contribution >= 0.6 is 0 Å². The van der Waals surface area contributed by atoms with E-state index in [1.807, 2.05) is 6.92 Å². The smallest absolute Gasteiger partial charge is 0.147 e. The maximum atomic E-state index is 5.19. The van der Waals surface area contributed by atoms with Crippen LogP contribution in [0.5, 0.6) is 0 Å². The van der Waals surface area contributed by atoms with Crippen molar-refractivity contribution in [3.63, 3.8) is 0 Å². The second-order valence-corrected chi connectivity index (χ2v) is 2.40. The standard InChI is InChI=1S/C7H12O2/c1-6-3-7(2)9-5-8-4-6/h7H,1,3-5H2,2H3. The van der Waals surface area contributed by atoms with Crippen molar-refractivity contribution in [2.24, 2.45) is 0 Å². The minimum absolute atomic E-state index is 0.278. The zero-order valence-corrected chi connectivity index (χ0v) is 5.72. The van der Waals surface area contributed by atoms with Crippen molar-refractivity contribution in [1.82, 2.24) is 0 Å². The van der Waals surface area contributed by atoms with Gasteiger partial charge in [-0.25, -0.2) is 0 Å². The number of rotatable bonds is 0. The van der Waals surface area contributed by atoms with E-state index in [0.717, 1.165) is 12.0 Å². The number of ether oxygens (including phenoxy) is 2. The van der Waals surface area contributed by atoms with Gasteiger partial charge in [-0.15, -0.1) is 0 Å². The van der Waals surface area contributed by atoms with Crippen molar-refractivity contribution in [2.75, 3.05) is 13.4 Å². The van der Waals surface area contributed by atoms with Gasteiger partial charge in [0.15, 0.2) is 0 Å². The van der Waals surface area contributed by atoms with Gasteiger partial charge in [0.1, 0.15) is 6.79 Å². The molecule has 1 saturated heterocycles. The summed E-state index contributed by atoms with van der Waals surface area (Å²) in [6.07, 6.45) is 1.21. The van der Waals surface area contributed by atoms with Gasteiger partial charge in [-0.3, -0.25) is 0 Å². The van der Waals surface area contributed by atoms with Gasteiger partial charge in [-0.1, -0.05) is 6.58 Å². The lowest BCUT2D eigenvalue weighted by Crippen LogP contribution is -2.05. The Hall–Kier alpha value is -0.340. The van der Waals surface area contributed by atoms with Crippen LogP contribution in [0.4, 0.5) is 0 Å². The lowest BCUT2D eigenvalue weighted by Gasteiger charge is -2.05. The molecule has 0 aromatic heterocycles. The molecule has 0 spiro atoms. The van der Waals surface area contributed by atoms with Gasteiger partial charge in [0.25, 0.3) is 0 Å². The fraction of sp³-hybridized carbons (Fsp3) is 0.714. The van der Waals surface area contributed by atoms with Crippen molar-refractivity contribution in [1.29, 1.82) is 0 Å². The van der Waals surface area contributed by atoms with Crippen LogP contribution in [0, 0.1) is 0 Å². The van der Waals surface area contributed by atoms with Crippen LogP contribution in [0.15, 0.2) is 12.2 Å². The predicted octanol–water partition coefficient (Wildman–Crippen LogP) is 1.33. The molecule has 1 rings (SSSR count). The molecule has 1 aliphatic heterocycles. The quantitative estimate of drug-likeness (QED) is 0.458.